The molecule has 3 aromatic rings. The van der Waals surface area contributed by atoms with Gasteiger partial charge in [-0.3, -0.25) is 0 Å². The molecule has 1 aliphatic heterocycles. The highest BCUT2D eigenvalue weighted by Crippen LogP contribution is 2.41. The first-order valence-electron chi connectivity index (χ1n) is 12.0. The number of alkyl halides is 6. The lowest BCUT2D eigenvalue weighted by atomic mass is 9.92. The zero-order valence-corrected chi connectivity index (χ0v) is 20.6. The molecule has 0 radical (unpaired) electrons. The second-order valence-corrected chi connectivity index (χ2v) is 9.88. The molecule has 2 bridgehead atoms. The Hall–Kier alpha value is -3.52. The van der Waals surface area contributed by atoms with Crippen molar-refractivity contribution in [2.75, 3.05) is 23.3 Å². The normalized spacial score (nSPS) is 21.8. The Morgan fingerprint density at radius 3 is 2.08 bits per heavy atom. The molecule has 1 N–H and O–H groups in total. The summed E-state index contributed by atoms with van der Waals surface area (Å²) < 4.78 is 92.0. The minimum Gasteiger partial charge on any atom is -0.424 e. The average Bonchev–Trinajstić information content (AvgIpc) is 3.48. The molecule has 2 fully saturated rings. The van der Waals surface area contributed by atoms with Gasteiger partial charge in [0, 0.05) is 26.1 Å². The monoisotopic (exact) mass is 545 g/mol. The fourth-order valence-electron chi connectivity index (χ4n) is 5.04. The number of nitrogens with one attached hydrogen (secondary N) is 1. The van der Waals surface area contributed by atoms with Crippen molar-refractivity contribution in [2.45, 2.75) is 58.0 Å². The lowest BCUT2D eigenvalue weighted by molar-refractivity contribution is -0.143. The summed E-state index contributed by atoms with van der Waals surface area (Å²) in [6.07, 6.45) is -8.09. The van der Waals surface area contributed by atoms with Gasteiger partial charge in [-0.25, -0.2) is 4.68 Å². The van der Waals surface area contributed by atoms with Crippen molar-refractivity contribution in [1.82, 2.24) is 25.0 Å². The van der Waals surface area contributed by atoms with E-state index in [9.17, 15) is 26.3 Å². The molecule has 3 atom stereocenters. The lowest BCUT2D eigenvalue weighted by Crippen LogP contribution is -2.48. The Bertz CT molecular complexity index is 1260. The Kier molecular flexibility index (Phi) is 6.42. The highest BCUT2D eigenvalue weighted by Gasteiger charge is 2.44. The number of hydrogen-bond acceptors (Lipinski definition) is 8. The zero-order valence-electron chi connectivity index (χ0n) is 20.6. The maximum absolute atomic E-state index is 13.3. The number of fused-ring (bicyclic) bond motifs is 2. The predicted octanol–water partition coefficient (Wildman–Crippen LogP) is 5.71. The summed E-state index contributed by atoms with van der Waals surface area (Å²) in [5.41, 5.74) is -2.95. The van der Waals surface area contributed by atoms with Crippen LogP contribution in [0.4, 0.5) is 38.3 Å². The van der Waals surface area contributed by atoms with Crippen molar-refractivity contribution in [3.05, 3.63) is 35.2 Å². The molecule has 38 heavy (non-hydrogen) atoms. The van der Waals surface area contributed by atoms with Gasteiger partial charge in [-0.05, 0) is 56.7 Å². The van der Waals surface area contributed by atoms with Crippen molar-refractivity contribution in [3.8, 4) is 11.8 Å². The molecule has 1 saturated carbocycles. The number of nitrogens with zero attached hydrogens (tertiary/aromatic N) is 6. The second-order valence-electron chi connectivity index (χ2n) is 9.88. The van der Waals surface area contributed by atoms with E-state index in [1.165, 1.54) is 4.68 Å². The van der Waals surface area contributed by atoms with Crippen LogP contribution in [0.5, 0.6) is 11.8 Å². The molecule has 3 heterocycles. The molecule has 2 aromatic heterocycles. The van der Waals surface area contributed by atoms with Crippen LogP contribution < -0.4 is 15.0 Å². The summed E-state index contributed by atoms with van der Waals surface area (Å²) in [7, 11) is 0. The number of hydrogen-bond donors (Lipinski definition) is 1. The van der Waals surface area contributed by atoms with E-state index >= 15 is 0 Å². The van der Waals surface area contributed by atoms with Crippen LogP contribution in [0, 0.1) is 18.8 Å². The van der Waals surface area contributed by atoms with Gasteiger partial charge in [0.15, 0.2) is 0 Å². The molecule has 0 unspecified atom stereocenters. The molecule has 1 aliphatic carbocycles. The van der Waals surface area contributed by atoms with Crippen molar-refractivity contribution in [3.63, 3.8) is 0 Å². The number of rotatable bonds is 6. The van der Waals surface area contributed by atoms with Crippen molar-refractivity contribution < 1.29 is 35.5 Å². The minimum atomic E-state index is -4.99. The van der Waals surface area contributed by atoms with Gasteiger partial charge in [0.25, 0.3) is 0 Å². The van der Waals surface area contributed by atoms with Gasteiger partial charge in [-0.1, -0.05) is 5.10 Å². The van der Waals surface area contributed by atoms with Gasteiger partial charge in [0.05, 0.1) is 17.2 Å². The maximum atomic E-state index is 13.3. The molecule has 0 spiro atoms. The molecule has 15 heteroatoms. The van der Waals surface area contributed by atoms with E-state index in [0.29, 0.717) is 37.1 Å². The largest absolute Gasteiger partial charge is 0.424 e. The molecule has 1 aromatic carbocycles. The van der Waals surface area contributed by atoms with Crippen LogP contribution in [0.15, 0.2) is 22.6 Å². The Morgan fingerprint density at radius 1 is 0.974 bits per heavy atom. The number of aryl methyl sites for hydroxylation is 1. The Morgan fingerprint density at radius 2 is 1.58 bits per heavy atom. The second kappa shape index (κ2) is 9.34. The number of anilines is 2. The predicted molar refractivity (Wildman–Crippen MR) is 122 cm³/mol. The summed E-state index contributed by atoms with van der Waals surface area (Å²) in [6.45, 7) is 6.56. The van der Waals surface area contributed by atoms with Crippen LogP contribution in [-0.2, 0) is 12.4 Å². The van der Waals surface area contributed by atoms with Gasteiger partial charge in [0.2, 0.25) is 11.8 Å². The van der Waals surface area contributed by atoms with Crippen LogP contribution in [0.2, 0.25) is 0 Å². The van der Waals surface area contributed by atoms with E-state index in [0.717, 1.165) is 12.8 Å². The third-order valence-corrected chi connectivity index (χ3v) is 6.77. The summed E-state index contributed by atoms with van der Waals surface area (Å²) in [4.78, 5) is 6.33. The first-order valence-corrected chi connectivity index (χ1v) is 12.0. The van der Waals surface area contributed by atoms with Crippen LogP contribution in [0.1, 0.15) is 49.7 Å². The fraction of sp³-hybridized carbons (Fsp3) is 0.565. The topological polar surface area (TPSA) is 94.1 Å². The average molecular weight is 545 g/mol. The van der Waals surface area contributed by atoms with Gasteiger partial charge < -0.3 is 19.4 Å². The van der Waals surface area contributed by atoms with E-state index < -0.39 is 29.2 Å². The third-order valence-electron chi connectivity index (χ3n) is 6.77. The molecule has 0 amide bonds. The number of halogens is 6. The molecule has 5 rings (SSSR count). The summed E-state index contributed by atoms with van der Waals surface area (Å²) in [5, 5.41) is 15.7. The van der Waals surface area contributed by atoms with Gasteiger partial charge in [-0.2, -0.15) is 31.3 Å². The molecule has 9 nitrogen and oxygen atoms in total. The molecule has 206 valence electrons. The number of benzene rings is 1. The summed E-state index contributed by atoms with van der Waals surface area (Å²) in [5.74, 6) is 0.451. The van der Waals surface area contributed by atoms with Crippen molar-refractivity contribution in [2.24, 2.45) is 11.8 Å². The van der Waals surface area contributed by atoms with Crippen LogP contribution in [0.3, 0.4) is 0 Å². The van der Waals surface area contributed by atoms with Crippen molar-refractivity contribution in [1.29, 1.82) is 0 Å². The first-order chi connectivity index (χ1) is 17.8. The Balaban J connectivity index is 1.38. The zero-order chi connectivity index (χ0) is 27.4. The lowest BCUT2D eigenvalue weighted by Gasteiger charge is -2.37. The van der Waals surface area contributed by atoms with Gasteiger partial charge in [-0.15, -0.1) is 10.2 Å². The van der Waals surface area contributed by atoms with E-state index in [4.69, 9.17) is 9.15 Å². The molecular weight excluding hydrogens is 520 g/mol. The van der Waals surface area contributed by atoms with Gasteiger partial charge >= 0.3 is 24.4 Å². The smallest absolute Gasteiger partial charge is 0.416 e. The van der Waals surface area contributed by atoms with Crippen LogP contribution in [0.25, 0.3) is 0 Å². The van der Waals surface area contributed by atoms with E-state index in [1.54, 1.807) is 20.8 Å². The highest BCUT2D eigenvalue weighted by molar-refractivity contribution is 5.40. The SMILES string of the molecule is Cc1nnc(N2C[C@H]3CC[C@@H](C2)[C@@H]3Nc2nc(Oc3cc(C(F)(F)F)cc(C(F)(F)F)c3)n(C(C)C)n2)o1. The minimum absolute atomic E-state index is 0.0107. The number of aromatic nitrogens is 5. The van der Waals surface area contributed by atoms with Crippen molar-refractivity contribution >= 4 is 12.0 Å². The number of ether oxygens (including phenoxy) is 1. The fourth-order valence-corrected chi connectivity index (χ4v) is 5.04. The van der Waals surface area contributed by atoms with E-state index in [1.807, 2.05) is 4.90 Å². The van der Waals surface area contributed by atoms with Gasteiger partial charge in [0.1, 0.15) is 5.75 Å². The summed E-state index contributed by atoms with van der Waals surface area (Å²) >= 11 is 0. The molecular formula is C23H25F6N7O2. The van der Waals surface area contributed by atoms with E-state index in [-0.39, 0.29) is 41.9 Å². The molecule has 2 aliphatic rings. The quantitative estimate of drug-likeness (QED) is 0.394. The number of piperidine rings is 1. The summed E-state index contributed by atoms with van der Waals surface area (Å²) in [6, 6.07) is 0.992. The Labute approximate surface area is 213 Å². The maximum Gasteiger partial charge on any atom is 0.416 e. The van der Waals surface area contributed by atoms with Crippen LogP contribution in [-0.4, -0.2) is 44.1 Å². The third kappa shape index (κ3) is 5.23. The van der Waals surface area contributed by atoms with Crippen LogP contribution >= 0.6 is 0 Å². The van der Waals surface area contributed by atoms with E-state index in [2.05, 4.69) is 25.6 Å². The first kappa shape index (κ1) is 26.1. The highest BCUT2D eigenvalue weighted by atomic mass is 19.4. The standard InChI is InChI=1S/C23H25F6N7O2/c1-11(2)36-20(38-17-7-15(22(24,25)26)6-16(8-17)23(27,28)29)31-19(34-36)30-18-13-4-5-14(18)10-35(9-13)21-33-32-12(3)37-21/h6-8,11,13-14,18H,4-5,9-10H2,1-3H3,(H,30,34)/t13-,14+,18-. The molecule has 1 saturated heterocycles.